The van der Waals surface area contributed by atoms with Crippen LogP contribution in [0.4, 0.5) is 5.69 Å². The van der Waals surface area contributed by atoms with Gasteiger partial charge in [0, 0.05) is 36.9 Å². The van der Waals surface area contributed by atoms with Gasteiger partial charge in [0.2, 0.25) is 0 Å². The molecule has 2 heterocycles. The molecule has 0 unspecified atom stereocenters. The number of hydrogen-bond acceptors (Lipinski definition) is 4. The summed E-state index contributed by atoms with van der Waals surface area (Å²) in [7, 11) is 0. The average Bonchev–Trinajstić information content (AvgIpc) is 3.09. The molecule has 0 bridgehead atoms. The predicted octanol–water partition coefficient (Wildman–Crippen LogP) is 3.50. The molecule has 0 saturated carbocycles. The summed E-state index contributed by atoms with van der Waals surface area (Å²) in [6.07, 6.45) is 0. The number of aryl methyl sites for hydroxylation is 1. The minimum absolute atomic E-state index is 0.0675. The van der Waals surface area contributed by atoms with E-state index in [0.29, 0.717) is 18.8 Å². The number of rotatable bonds is 3. The first-order valence-electron chi connectivity index (χ1n) is 9.32. The van der Waals surface area contributed by atoms with E-state index >= 15 is 0 Å². The fraction of sp³-hybridized carbons (Fsp3) is 0.286. The number of piperazine rings is 1. The van der Waals surface area contributed by atoms with E-state index < -0.39 is 0 Å². The average molecular weight is 396 g/mol. The van der Waals surface area contributed by atoms with Gasteiger partial charge in [0.25, 0.3) is 5.91 Å². The highest BCUT2D eigenvalue weighted by atomic mass is 35.5. The van der Waals surface area contributed by atoms with Crippen molar-refractivity contribution >= 4 is 23.2 Å². The van der Waals surface area contributed by atoms with Crippen LogP contribution in [0, 0.1) is 13.8 Å². The molecule has 1 aliphatic rings. The highest BCUT2D eigenvalue weighted by Crippen LogP contribution is 2.22. The molecule has 7 heteroatoms. The van der Waals surface area contributed by atoms with Crippen molar-refractivity contribution in [2.24, 2.45) is 0 Å². The molecule has 1 amide bonds. The molecule has 0 atom stereocenters. The molecule has 0 N–H and O–H groups in total. The molecule has 2 aromatic carbocycles. The monoisotopic (exact) mass is 395 g/mol. The zero-order chi connectivity index (χ0) is 19.7. The number of halogens is 1. The normalized spacial score (nSPS) is 14.4. The molecule has 144 valence electrons. The lowest BCUT2D eigenvalue weighted by molar-refractivity contribution is 0.0740. The molecule has 1 aromatic heterocycles. The second kappa shape index (κ2) is 7.64. The largest absolute Gasteiger partial charge is 0.368 e. The maximum atomic E-state index is 13.0. The number of carbonyl (C=O) groups is 1. The minimum atomic E-state index is -0.0675. The number of anilines is 1. The minimum Gasteiger partial charge on any atom is -0.368 e. The van der Waals surface area contributed by atoms with E-state index in [0.717, 1.165) is 40.7 Å². The Hall–Kier alpha value is -2.86. The number of hydrogen-bond donors (Lipinski definition) is 0. The van der Waals surface area contributed by atoms with Gasteiger partial charge in [-0.2, -0.15) is 0 Å². The van der Waals surface area contributed by atoms with Crippen LogP contribution in [-0.4, -0.2) is 52.0 Å². The summed E-state index contributed by atoms with van der Waals surface area (Å²) < 4.78 is 1.72. The third kappa shape index (κ3) is 3.60. The van der Waals surface area contributed by atoms with Crippen LogP contribution < -0.4 is 4.90 Å². The molecule has 3 aromatic rings. The van der Waals surface area contributed by atoms with Crippen molar-refractivity contribution in [3.05, 3.63) is 70.5 Å². The van der Waals surface area contributed by atoms with Gasteiger partial charge in [-0.3, -0.25) is 4.79 Å². The molecule has 1 aliphatic heterocycles. The maximum Gasteiger partial charge on any atom is 0.276 e. The number of nitrogens with zero attached hydrogens (tertiary/aromatic N) is 5. The quantitative estimate of drug-likeness (QED) is 0.681. The lowest BCUT2D eigenvalue weighted by Gasteiger charge is -2.35. The van der Waals surface area contributed by atoms with E-state index in [2.05, 4.69) is 15.2 Å². The van der Waals surface area contributed by atoms with Crippen LogP contribution in [0.15, 0.2) is 48.5 Å². The summed E-state index contributed by atoms with van der Waals surface area (Å²) >= 11 is 6.09. The highest BCUT2D eigenvalue weighted by Gasteiger charge is 2.26. The second-order valence-corrected chi connectivity index (χ2v) is 7.47. The Labute approximate surface area is 169 Å². The Balaban J connectivity index is 1.47. The molecule has 1 fully saturated rings. The van der Waals surface area contributed by atoms with Crippen molar-refractivity contribution in [3.63, 3.8) is 0 Å². The van der Waals surface area contributed by atoms with Crippen LogP contribution in [0.2, 0.25) is 5.02 Å². The third-order valence-corrected chi connectivity index (χ3v) is 5.32. The van der Waals surface area contributed by atoms with Crippen LogP contribution in [0.3, 0.4) is 0 Å². The summed E-state index contributed by atoms with van der Waals surface area (Å²) in [5.41, 5.74) is 4.30. The first-order valence-corrected chi connectivity index (χ1v) is 9.70. The summed E-state index contributed by atoms with van der Waals surface area (Å²) in [6.45, 7) is 6.72. The third-order valence-electron chi connectivity index (χ3n) is 5.08. The van der Waals surface area contributed by atoms with E-state index in [1.807, 2.05) is 67.3 Å². The molecule has 0 radical (unpaired) electrons. The first-order chi connectivity index (χ1) is 13.5. The molecule has 0 aliphatic carbocycles. The predicted molar refractivity (Wildman–Crippen MR) is 110 cm³/mol. The zero-order valence-electron chi connectivity index (χ0n) is 16.0. The molecular formula is C21H22ClN5O. The molecule has 1 saturated heterocycles. The molecule has 6 nitrogen and oxygen atoms in total. The van der Waals surface area contributed by atoms with Gasteiger partial charge in [-0.25, -0.2) is 4.68 Å². The van der Waals surface area contributed by atoms with Gasteiger partial charge in [-0.15, -0.1) is 5.10 Å². The van der Waals surface area contributed by atoms with Gasteiger partial charge < -0.3 is 9.80 Å². The second-order valence-electron chi connectivity index (χ2n) is 7.03. The fourth-order valence-corrected chi connectivity index (χ4v) is 3.71. The van der Waals surface area contributed by atoms with Gasteiger partial charge in [-0.05, 0) is 49.7 Å². The fourth-order valence-electron chi connectivity index (χ4n) is 3.52. The van der Waals surface area contributed by atoms with E-state index in [9.17, 15) is 4.79 Å². The van der Waals surface area contributed by atoms with E-state index in [1.54, 1.807) is 4.68 Å². The number of aromatic nitrogens is 3. The van der Waals surface area contributed by atoms with Crippen molar-refractivity contribution in [1.29, 1.82) is 0 Å². The molecule has 28 heavy (non-hydrogen) atoms. The van der Waals surface area contributed by atoms with Crippen LogP contribution in [0.5, 0.6) is 0 Å². The van der Waals surface area contributed by atoms with Crippen molar-refractivity contribution in [2.75, 3.05) is 31.1 Å². The van der Waals surface area contributed by atoms with Crippen molar-refractivity contribution in [2.45, 2.75) is 13.8 Å². The Morgan fingerprint density at radius 1 is 0.964 bits per heavy atom. The lowest BCUT2D eigenvalue weighted by Crippen LogP contribution is -2.49. The van der Waals surface area contributed by atoms with Gasteiger partial charge >= 0.3 is 0 Å². The summed E-state index contributed by atoms with van der Waals surface area (Å²) in [5, 5.41) is 9.11. The van der Waals surface area contributed by atoms with Crippen molar-refractivity contribution < 1.29 is 4.79 Å². The van der Waals surface area contributed by atoms with Crippen LogP contribution >= 0.6 is 11.6 Å². The lowest BCUT2D eigenvalue weighted by atomic mass is 10.2. The van der Waals surface area contributed by atoms with Crippen molar-refractivity contribution in [1.82, 2.24) is 19.9 Å². The van der Waals surface area contributed by atoms with Crippen LogP contribution in [0.25, 0.3) is 5.69 Å². The Kier molecular flexibility index (Phi) is 5.05. The standard InChI is InChI=1S/C21H22ClN5O/c1-15-5-3-8-19(13-15)27-16(2)20(23-24-27)21(28)26-11-9-25(10-12-26)18-7-4-6-17(22)14-18/h3-8,13-14H,9-12H2,1-2H3. The van der Waals surface area contributed by atoms with Gasteiger partial charge in [0.15, 0.2) is 5.69 Å². The number of carbonyl (C=O) groups excluding carboxylic acids is 1. The van der Waals surface area contributed by atoms with E-state index in [4.69, 9.17) is 11.6 Å². The Morgan fingerprint density at radius 2 is 1.68 bits per heavy atom. The maximum absolute atomic E-state index is 13.0. The van der Waals surface area contributed by atoms with Crippen LogP contribution in [0.1, 0.15) is 21.7 Å². The smallest absolute Gasteiger partial charge is 0.276 e. The summed E-state index contributed by atoms with van der Waals surface area (Å²) in [5.74, 6) is -0.0675. The summed E-state index contributed by atoms with van der Waals surface area (Å²) in [4.78, 5) is 17.1. The SMILES string of the molecule is Cc1cccc(-n2nnc(C(=O)N3CCN(c4cccc(Cl)c4)CC3)c2C)c1. The highest BCUT2D eigenvalue weighted by molar-refractivity contribution is 6.30. The van der Waals surface area contributed by atoms with Gasteiger partial charge in [0.05, 0.1) is 11.4 Å². The number of benzene rings is 2. The molecule has 4 rings (SSSR count). The Morgan fingerprint density at radius 3 is 2.39 bits per heavy atom. The van der Waals surface area contributed by atoms with Crippen molar-refractivity contribution in [3.8, 4) is 5.69 Å². The molecule has 0 spiro atoms. The van der Waals surface area contributed by atoms with Crippen LogP contribution in [-0.2, 0) is 0 Å². The zero-order valence-corrected chi connectivity index (χ0v) is 16.7. The molecular weight excluding hydrogens is 374 g/mol. The van der Waals surface area contributed by atoms with E-state index in [-0.39, 0.29) is 5.91 Å². The topological polar surface area (TPSA) is 54.3 Å². The summed E-state index contributed by atoms with van der Waals surface area (Å²) in [6, 6.07) is 15.8. The first kappa shape index (κ1) is 18.5. The van der Waals surface area contributed by atoms with Gasteiger partial charge in [-0.1, -0.05) is 35.0 Å². The Bertz CT molecular complexity index is 1010. The van der Waals surface area contributed by atoms with Gasteiger partial charge in [0.1, 0.15) is 0 Å². The number of amides is 1. The van der Waals surface area contributed by atoms with E-state index in [1.165, 1.54) is 0 Å².